The molecular formula is C22H28FN5O3. The molecule has 0 saturated carbocycles. The lowest BCUT2D eigenvalue weighted by molar-refractivity contribution is -0.134. The summed E-state index contributed by atoms with van der Waals surface area (Å²) in [6.07, 6.45) is 0. The fourth-order valence-corrected chi connectivity index (χ4v) is 4.15. The maximum absolute atomic E-state index is 13.3. The molecule has 2 aromatic rings. The van der Waals surface area contributed by atoms with Crippen molar-refractivity contribution in [1.29, 1.82) is 0 Å². The molecule has 31 heavy (non-hydrogen) atoms. The zero-order valence-corrected chi connectivity index (χ0v) is 18.0. The Labute approximate surface area is 181 Å². The Morgan fingerprint density at radius 1 is 0.968 bits per heavy atom. The van der Waals surface area contributed by atoms with Crippen LogP contribution in [0.3, 0.4) is 0 Å². The number of ether oxygens (including phenoxy) is 1. The molecule has 166 valence electrons. The van der Waals surface area contributed by atoms with Gasteiger partial charge in [-0.1, -0.05) is 0 Å². The maximum atomic E-state index is 13.3. The first-order valence-electron chi connectivity index (χ1n) is 10.6. The van der Waals surface area contributed by atoms with Crippen LogP contribution in [0.4, 0.5) is 4.39 Å². The van der Waals surface area contributed by atoms with Gasteiger partial charge in [-0.2, -0.15) is 5.10 Å². The number of hydrogen-bond donors (Lipinski definition) is 0. The zero-order valence-electron chi connectivity index (χ0n) is 18.0. The Hall–Kier alpha value is -2.78. The molecule has 0 bridgehead atoms. The average Bonchev–Trinajstić information content (AvgIpc) is 3.08. The molecule has 2 aliphatic heterocycles. The lowest BCUT2D eigenvalue weighted by atomic mass is 10.1. The van der Waals surface area contributed by atoms with Crippen LogP contribution in [-0.2, 0) is 9.53 Å². The molecular weight excluding hydrogens is 401 g/mol. The number of benzene rings is 1. The number of aryl methyl sites for hydroxylation is 1. The molecule has 0 unspecified atom stereocenters. The van der Waals surface area contributed by atoms with Gasteiger partial charge in [-0.05, 0) is 38.1 Å². The van der Waals surface area contributed by atoms with Crippen LogP contribution in [0.1, 0.15) is 21.7 Å². The molecule has 0 N–H and O–H groups in total. The summed E-state index contributed by atoms with van der Waals surface area (Å²) in [6, 6.07) is 6.03. The number of aromatic nitrogens is 2. The number of nitrogens with zero attached hydrogens (tertiary/aromatic N) is 5. The molecule has 2 aliphatic rings. The highest BCUT2D eigenvalue weighted by Gasteiger charge is 2.29. The van der Waals surface area contributed by atoms with Crippen LogP contribution in [0.25, 0.3) is 5.69 Å². The van der Waals surface area contributed by atoms with Crippen molar-refractivity contribution in [2.24, 2.45) is 0 Å². The van der Waals surface area contributed by atoms with E-state index in [9.17, 15) is 14.0 Å². The highest BCUT2D eigenvalue weighted by Crippen LogP contribution is 2.21. The Bertz CT molecular complexity index is 945. The van der Waals surface area contributed by atoms with E-state index in [1.807, 2.05) is 18.7 Å². The van der Waals surface area contributed by atoms with E-state index in [-0.39, 0.29) is 17.6 Å². The molecule has 0 aliphatic carbocycles. The van der Waals surface area contributed by atoms with Crippen molar-refractivity contribution in [1.82, 2.24) is 24.5 Å². The smallest absolute Gasteiger partial charge is 0.257 e. The van der Waals surface area contributed by atoms with Gasteiger partial charge in [-0.3, -0.25) is 14.5 Å². The number of hydrogen-bond acceptors (Lipinski definition) is 5. The number of morpholine rings is 1. The number of rotatable bonds is 4. The van der Waals surface area contributed by atoms with Crippen LogP contribution in [0, 0.1) is 19.7 Å². The van der Waals surface area contributed by atoms with Gasteiger partial charge in [0.05, 0.1) is 42.4 Å². The molecule has 4 rings (SSSR count). The van der Waals surface area contributed by atoms with Crippen molar-refractivity contribution in [2.75, 3.05) is 59.0 Å². The van der Waals surface area contributed by atoms with Crippen LogP contribution in [0.2, 0.25) is 0 Å². The minimum atomic E-state index is -0.317. The Morgan fingerprint density at radius 2 is 1.58 bits per heavy atom. The summed E-state index contributed by atoms with van der Waals surface area (Å²) in [4.78, 5) is 31.6. The molecule has 2 fully saturated rings. The lowest BCUT2D eigenvalue weighted by Crippen LogP contribution is -2.53. The quantitative estimate of drug-likeness (QED) is 0.732. The van der Waals surface area contributed by atoms with Crippen molar-refractivity contribution in [2.45, 2.75) is 13.8 Å². The van der Waals surface area contributed by atoms with Gasteiger partial charge in [0, 0.05) is 39.3 Å². The van der Waals surface area contributed by atoms with Gasteiger partial charge >= 0.3 is 0 Å². The Balaban J connectivity index is 1.39. The Kier molecular flexibility index (Phi) is 6.33. The van der Waals surface area contributed by atoms with E-state index in [0.29, 0.717) is 62.9 Å². The summed E-state index contributed by atoms with van der Waals surface area (Å²) in [5.41, 5.74) is 2.63. The third-order valence-corrected chi connectivity index (χ3v) is 5.96. The lowest BCUT2D eigenvalue weighted by Gasteiger charge is -2.36. The summed E-state index contributed by atoms with van der Waals surface area (Å²) in [6.45, 7) is 8.99. The van der Waals surface area contributed by atoms with E-state index in [4.69, 9.17) is 4.74 Å². The Morgan fingerprint density at radius 3 is 2.23 bits per heavy atom. The number of halogens is 1. The standard InChI is InChI=1S/C22H28FN5O3/c1-16-21(17(2)28(24-16)19-5-3-18(23)4-6-19)22(30)27-9-7-26(8-10-27)20(29)15-25-11-13-31-14-12-25/h3-6H,7-15H2,1-2H3. The first-order chi connectivity index (χ1) is 14.9. The molecule has 8 nitrogen and oxygen atoms in total. The normalized spacial score (nSPS) is 17.8. The summed E-state index contributed by atoms with van der Waals surface area (Å²) in [5.74, 6) is -0.295. The van der Waals surface area contributed by atoms with Gasteiger partial charge in [0.1, 0.15) is 5.82 Å². The summed E-state index contributed by atoms with van der Waals surface area (Å²) in [5, 5.41) is 4.50. The predicted molar refractivity (Wildman–Crippen MR) is 113 cm³/mol. The van der Waals surface area contributed by atoms with Crippen LogP contribution in [0.15, 0.2) is 24.3 Å². The molecule has 0 radical (unpaired) electrons. The van der Waals surface area contributed by atoms with Gasteiger partial charge in [-0.25, -0.2) is 9.07 Å². The van der Waals surface area contributed by atoms with E-state index in [1.54, 1.807) is 21.7 Å². The number of carbonyl (C=O) groups is 2. The highest BCUT2D eigenvalue weighted by atomic mass is 19.1. The maximum Gasteiger partial charge on any atom is 0.257 e. The van der Waals surface area contributed by atoms with Gasteiger partial charge < -0.3 is 14.5 Å². The molecule has 1 aromatic heterocycles. The van der Waals surface area contributed by atoms with Crippen LogP contribution < -0.4 is 0 Å². The van der Waals surface area contributed by atoms with Crippen molar-refractivity contribution >= 4 is 11.8 Å². The summed E-state index contributed by atoms with van der Waals surface area (Å²) >= 11 is 0. The van der Waals surface area contributed by atoms with E-state index in [0.717, 1.165) is 18.8 Å². The van der Waals surface area contributed by atoms with Crippen LogP contribution in [0.5, 0.6) is 0 Å². The number of carbonyl (C=O) groups excluding carboxylic acids is 2. The van der Waals surface area contributed by atoms with E-state index < -0.39 is 0 Å². The molecule has 2 amide bonds. The first-order valence-corrected chi connectivity index (χ1v) is 10.6. The van der Waals surface area contributed by atoms with Crippen molar-refractivity contribution in [3.05, 3.63) is 47.0 Å². The second-order valence-corrected chi connectivity index (χ2v) is 8.00. The fourth-order valence-electron chi connectivity index (χ4n) is 4.15. The SMILES string of the molecule is Cc1nn(-c2ccc(F)cc2)c(C)c1C(=O)N1CCN(C(=O)CN2CCOCC2)CC1. The second kappa shape index (κ2) is 9.15. The van der Waals surface area contributed by atoms with Crippen LogP contribution >= 0.6 is 0 Å². The van der Waals surface area contributed by atoms with Crippen LogP contribution in [-0.4, -0.2) is 95.3 Å². The molecule has 0 spiro atoms. The number of amides is 2. The zero-order chi connectivity index (χ0) is 22.0. The highest BCUT2D eigenvalue weighted by molar-refractivity contribution is 5.96. The number of piperazine rings is 1. The third-order valence-electron chi connectivity index (χ3n) is 5.96. The van der Waals surface area contributed by atoms with Gasteiger partial charge in [-0.15, -0.1) is 0 Å². The summed E-state index contributed by atoms with van der Waals surface area (Å²) in [7, 11) is 0. The average molecular weight is 429 g/mol. The predicted octanol–water partition coefficient (Wildman–Crippen LogP) is 1.24. The fraction of sp³-hybridized carbons (Fsp3) is 0.500. The van der Waals surface area contributed by atoms with E-state index in [1.165, 1.54) is 12.1 Å². The summed E-state index contributed by atoms with van der Waals surface area (Å²) < 4.78 is 20.3. The monoisotopic (exact) mass is 429 g/mol. The third kappa shape index (κ3) is 4.62. The molecule has 0 atom stereocenters. The minimum Gasteiger partial charge on any atom is -0.379 e. The molecule has 3 heterocycles. The van der Waals surface area contributed by atoms with Crippen molar-refractivity contribution in [3.63, 3.8) is 0 Å². The minimum absolute atomic E-state index is 0.0800. The van der Waals surface area contributed by atoms with Gasteiger partial charge in [0.25, 0.3) is 5.91 Å². The van der Waals surface area contributed by atoms with Gasteiger partial charge in [0.15, 0.2) is 0 Å². The van der Waals surface area contributed by atoms with Crippen molar-refractivity contribution in [3.8, 4) is 5.69 Å². The largest absolute Gasteiger partial charge is 0.379 e. The second-order valence-electron chi connectivity index (χ2n) is 8.00. The topological polar surface area (TPSA) is 70.9 Å². The van der Waals surface area contributed by atoms with E-state index >= 15 is 0 Å². The van der Waals surface area contributed by atoms with Crippen molar-refractivity contribution < 1.29 is 18.7 Å². The molecule has 9 heteroatoms. The molecule has 2 saturated heterocycles. The first kappa shape index (κ1) is 21.5. The van der Waals surface area contributed by atoms with Gasteiger partial charge in [0.2, 0.25) is 5.91 Å². The van der Waals surface area contributed by atoms with E-state index in [2.05, 4.69) is 10.00 Å². The molecule has 1 aromatic carbocycles.